The van der Waals surface area contributed by atoms with Gasteiger partial charge in [-0.1, -0.05) is 161 Å². The molecule has 4 aliphatic rings. The number of rotatable bonds is 0. The van der Waals surface area contributed by atoms with E-state index in [9.17, 15) is 0 Å². The SMILES string of the molecule is CC1CCCC2CCCC3CCCCCCCC3CCC2CCCC2CCCCCCCCCC12. The van der Waals surface area contributed by atoms with Gasteiger partial charge in [-0.05, 0) is 60.7 Å². The minimum atomic E-state index is 0.980. The molecule has 0 heteroatoms. The van der Waals surface area contributed by atoms with Crippen LogP contribution in [0.15, 0.2) is 0 Å². The van der Waals surface area contributed by atoms with Crippen molar-refractivity contribution in [3.63, 3.8) is 0 Å². The first-order chi connectivity index (χ1) is 17.3. The maximum absolute atomic E-state index is 2.68. The van der Waals surface area contributed by atoms with Gasteiger partial charge in [0.2, 0.25) is 0 Å². The molecule has 7 atom stereocenters. The Morgan fingerprint density at radius 2 is 0.571 bits per heavy atom. The molecular formula is C35H64. The lowest BCUT2D eigenvalue weighted by Crippen LogP contribution is -2.22. The van der Waals surface area contributed by atoms with Gasteiger partial charge < -0.3 is 0 Å². The first-order valence-corrected chi connectivity index (χ1v) is 17.3. The Balaban J connectivity index is 1.40. The van der Waals surface area contributed by atoms with Crippen molar-refractivity contribution in [3.05, 3.63) is 0 Å². The maximum Gasteiger partial charge on any atom is -0.0360 e. The Morgan fingerprint density at radius 3 is 1.09 bits per heavy atom. The summed E-state index contributed by atoms with van der Waals surface area (Å²) in [6, 6.07) is 0. The molecule has 35 heavy (non-hydrogen) atoms. The summed E-state index contributed by atoms with van der Waals surface area (Å²) in [5, 5.41) is 0. The van der Waals surface area contributed by atoms with Crippen LogP contribution in [0, 0.1) is 41.4 Å². The second-order valence-corrected chi connectivity index (χ2v) is 14.2. The standard InChI is InChI=1S/C35H64/c1-29-17-14-21-31-23-15-22-30-18-10-7-5-8-11-19-32(30)27-28-33(31)24-16-25-34-20-12-6-3-2-4-9-13-26-35(29)34/h29-35H,2-28H2,1H3. The van der Waals surface area contributed by atoms with Crippen LogP contribution in [0.1, 0.15) is 180 Å². The first-order valence-electron chi connectivity index (χ1n) is 17.3. The molecule has 204 valence electrons. The molecule has 0 amide bonds. The van der Waals surface area contributed by atoms with Crippen LogP contribution >= 0.6 is 0 Å². The summed E-state index contributed by atoms with van der Waals surface area (Å²) in [4.78, 5) is 0. The summed E-state index contributed by atoms with van der Waals surface area (Å²) < 4.78 is 0. The molecule has 0 aromatic carbocycles. The molecule has 0 heterocycles. The van der Waals surface area contributed by atoms with E-state index in [1.165, 1.54) is 83.5 Å². The lowest BCUT2D eigenvalue weighted by molar-refractivity contribution is 0.181. The summed E-state index contributed by atoms with van der Waals surface area (Å²) in [6.45, 7) is 2.68. The van der Waals surface area contributed by atoms with Crippen LogP contribution in [0.3, 0.4) is 0 Å². The molecule has 0 saturated heterocycles. The average molecular weight is 485 g/mol. The summed E-state index contributed by atoms with van der Waals surface area (Å²) in [7, 11) is 0. The van der Waals surface area contributed by atoms with E-state index in [0.29, 0.717) is 0 Å². The van der Waals surface area contributed by atoms with Crippen molar-refractivity contribution in [2.24, 2.45) is 41.4 Å². The van der Waals surface area contributed by atoms with Gasteiger partial charge in [0.15, 0.2) is 0 Å². The molecule has 0 nitrogen and oxygen atoms in total. The molecule has 0 N–H and O–H groups in total. The highest BCUT2D eigenvalue weighted by molar-refractivity contribution is 4.83. The molecule has 7 unspecified atom stereocenters. The summed E-state index contributed by atoms with van der Waals surface area (Å²) >= 11 is 0. The minimum absolute atomic E-state index is 0.980. The maximum atomic E-state index is 2.68. The van der Waals surface area contributed by atoms with E-state index in [1.807, 2.05) is 0 Å². The highest BCUT2D eigenvalue weighted by atomic mass is 14.4. The van der Waals surface area contributed by atoms with Gasteiger partial charge in [-0.3, -0.25) is 0 Å². The van der Waals surface area contributed by atoms with E-state index in [2.05, 4.69) is 6.92 Å². The number of hydrogen-bond acceptors (Lipinski definition) is 0. The van der Waals surface area contributed by atoms with E-state index in [1.54, 1.807) is 89.9 Å². The molecule has 0 bridgehead atoms. The van der Waals surface area contributed by atoms with Gasteiger partial charge in [-0.2, -0.15) is 0 Å². The third-order valence-electron chi connectivity index (χ3n) is 11.9. The van der Waals surface area contributed by atoms with Gasteiger partial charge >= 0.3 is 0 Å². The minimum Gasteiger partial charge on any atom is -0.0622 e. The summed E-state index contributed by atoms with van der Waals surface area (Å²) in [6.07, 6.45) is 41.8. The molecule has 0 aromatic heterocycles. The van der Waals surface area contributed by atoms with E-state index in [4.69, 9.17) is 0 Å². The van der Waals surface area contributed by atoms with Crippen LogP contribution < -0.4 is 0 Å². The summed E-state index contributed by atoms with van der Waals surface area (Å²) in [5.74, 6) is 7.37. The van der Waals surface area contributed by atoms with E-state index in [-0.39, 0.29) is 0 Å². The Bertz CT molecular complexity index is 536. The van der Waals surface area contributed by atoms with Crippen molar-refractivity contribution in [1.82, 2.24) is 0 Å². The normalized spacial score (nSPS) is 40.2. The second-order valence-electron chi connectivity index (χ2n) is 14.2. The van der Waals surface area contributed by atoms with E-state index >= 15 is 0 Å². The molecule has 4 saturated carbocycles. The van der Waals surface area contributed by atoms with Crippen LogP contribution in [-0.2, 0) is 0 Å². The van der Waals surface area contributed by atoms with E-state index < -0.39 is 0 Å². The summed E-state index contributed by atoms with van der Waals surface area (Å²) in [5.41, 5.74) is 0. The topological polar surface area (TPSA) is 0 Å². The lowest BCUT2D eigenvalue weighted by atomic mass is 9.73. The average Bonchev–Trinajstić information content (AvgIpc) is 2.96. The first kappa shape index (κ1) is 28.0. The molecule has 4 fully saturated rings. The van der Waals surface area contributed by atoms with Crippen molar-refractivity contribution in [2.75, 3.05) is 0 Å². The fourth-order valence-corrected chi connectivity index (χ4v) is 9.66. The largest absolute Gasteiger partial charge is 0.0622 e. The van der Waals surface area contributed by atoms with Crippen LogP contribution in [-0.4, -0.2) is 0 Å². The zero-order valence-corrected chi connectivity index (χ0v) is 24.1. The zero-order valence-electron chi connectivity index (χ0n) is 24.1. The highest BCUT2D eigenvalue weighted by Crippen LogP contribution is 2.44. The smallest absolute Gasteiger partial charge is 0.0360 e. The zero-order chi connectivity index (χ0) is 24.1. The molecule has 4 aliphatic carbocycles. The Morgan fingerprint density at radius 1 is 0.257 bits per heavy atom. The van der Waals surface area contributed by atoms with Gasteiger partial charge in [0.1, 0.15) is 0 Å². The van der Waals surface area contributed by atoms with Crippen LogP contribution in [0.4, 0.5) is 0 Å². The number of hydrogen-bond donors (Lipinski definition) is 0. The number of fused-ring (bicyclic) bond motifs is 3. The van der Waals surface area contributed by atoms with Crippen LogP contribution in [0.5, 0.6) is 0 Å². The lowest BCUT2D eigenvalue weighted by Gasteiger charge is -2.32. The van der Waals surface area contributed by atoms with E-state index in [0.717, 1.165) is 41.4 Å². The van der Waals surface area contributed by atoms with Gasteiger partial charge in [0.05, 0.1) is 0 Å². The third-order valence-corrected chi connectivity index (χ3v) is 11.9. The van der Waals surface area contributed by atoms with Crippen molar-refractivity contribution in [3.8, 4) is 0 Å². The monoisotopic (exact) mass is 485 g/mol. The molecular weight excluding hydrogens is 420 g/mol. The predicted octanol–water partition coefficient (Wildman–Crippen LogP) is 11.9. The van der Waals surface area contributed by atoms with Gasteiger partial charge in [-0.25, -0.2) is 0 Å². The Hall–Kier alpha value is 0. The van der Waals surface area contributed by atoms with Crippen molar-refractivity contribution in [2.45, 2.75) is 180 Å². The fraction of sp³-hybridized carbons (Fsp3) is 1.00. The molecule has 0 spiro atoms. The predicted molar refractivity (Wildman–Crippen MR) is 155 cm³/mol. The van der Waals surface area contributed by atoms with Crippen molar-refractivity contribution >= 4 is 0 Å². The van der Waals surface area contributed by atoms with Crippen molar-refractivity contribution < 1.29 is 0 Å². The molecule has 0 aromatic rings. The van der Waals surface area contributed by atoms with Crippen LogP contribution in [0.2, 0.25) is 0 Å². The fourth-order valence-electron chi connectivity index (χ4n) is 9.66. The second kappa shape index (κ2) is 16.1. The highest BCUT2D eigenvalue weighted by Gasteiger charge is 2.31. The van der Waals surface area contributed by atoms with Gasteiger partial charge in [0.25, 0.3) is 0 Å². The molecule has 0 radical (unpaired) electrons. The third kappa shape index (κ3) is 9.36. The van der Waals surface area contributed by atoms with Gasteiger partial charge in [0, 0.05) is 0 Å². The van der Waals surface area contributed by atoms with Crippen LogP contribution in [0.25, 0.3) is 0 Å². The Labute approximate surface area is 221 Å². The van der Waals surface area contributed by atoms with Crippen molar-refractivity contribution in [1.29, 1.82) is 0 Å². The quantitative estimate of drug-likeness (QED) is 0.320. The van der Waals surface area contributed by atoms with Gasteiger partial charge in [-0.15, -0.1) is 0 Å². The molecule has 4 rings (SSSR count). The molecule has 0 aliphatic heterocycles. The Kier molecular flexibility index (Phi) is 12.9.